The van der Waals surface area contributed by atoms with Gasteiger partial charge in [0.2, 0.25) is 0 Å². The smallest absolute Gasteiger partial charge is 0.0388 e. The third-order valence-corrected chi connectivity index (χ3v) is 5.65. The van der Waals surface area contributed by atoms with Crippen LogP contribution < -0.4 is 5.32 Å². The molecule has 2 aromatic rings. The second-order valence-corrected chi connectivity index (χ2v) is 6.95. The molecule has 1 aromatic heterocycles. The Balaban J connectivity index is 2.04. The van der Waals surface area contributed by atoms with E-state index in [-0.39, 0.29) is 0 Å². The summed E-state index contributed by atoms with van der Waals surface area (Å²) in [6.07, 6.45) is 5.49. The number of hydrogen-bond acceptors (Lipinski definition) is 2. The molecule has 1 heterocycles. The van der Waals surface area contributed by atoms with Crippen LogP contribution in [0.5, 0.6) is 0 Å². The van der Waals surface area contributed by atoms with Gasteiger partial charge in [0.15, 0.2) is 0 Å². The van der Waals surface area contributed by atoms with Crippen molar-refractivity contribution in [1.29, 1.82) is 0 Å². The van der Waals surface area contributed by atoms with Crippen LogP contribution in [-0.2, 0) is 0 Å². The number of thiophene rings is 1. The molecule has 0 aliphatic heterocycles. The first-order valence-corrected chi connectivity index (χ1v) is 8.32. The fraction of sp³-hybridized carbons (Fsp3) is 0.529. The molecule has 19 heavy (non-hydrogen) atoms. The van der Waals surface area contributed by atoms with Gasteiger partial charge in [-0.25, -0.2) is 0 Å². The van der Waals surface area contributed by atoms with Gasteiger partial charge in [-0.1, -0.05) is 44.9 Å². The Morgan fingerprint density at radius 1 is 1.26 bits per heavy atom. The van der Waals surface area contributed by atoms with Crippen molar-refractivity contribution >= 4 is 21.4 Å². The first-order chi connectivity index (χ1) is 9.24. The van der Waals surface area contributed by atoms with E-state index in [1.807, 2.05) is 11.3 Å². The molecule has 0 spiro atoms. The Hall–Kier alpha value is -0.860. The molecule has 0 bridgehead atoms. The summed E-state index contributed by atoms with van der Waals surface area (Å²) in [6, 6.07) is 9.34. The zero-order chi connectivity index (χ0) is 13.3. The van der Waals surface area contributed by atoms with E-state index in [4.69, 9.17) is 0 Å². The van der Waals surface area contributed by atoms with Gasteiger partial charge in [0, 0.05) is 10.7 Å². The summed E-state index contributed by atoms with van der Waals surface area (Å²) in [4.78, 5) is 0. The highest BCUT2D eigenvalue weighted by atomic mass is 32.1. The van der Waals surface area contributed by atoms with Crippen LogP contribution in [0.4, 0.5) is 0 Å². The van der Waals surface area contributed by atoms with Crippen LogP contribution in [0.3, 0.4) is 0 Å². The monoisotopic (exact) mass is 273 g/mol. The van der Waals surface area contributed by atoms with E-state index < -0.39 is 0 Å². The number of hydrogen-bond donors (Lipinski definition) is 1. The Bertz CT molecular complexity index is 551. The highest BCUT2D eigenvalue weighted by Crippen LogP contribution is 2.49. The average Bonchev–Trinajstić information content (AvgIpc) is 3.03. The summed E-state index contributed by atoms with van der Waals surface area (Å²) < 4.78 is 1.42. The largest absolute Gasteiger partial charge is 0.310 e. The summed E-state index contributed by atoms with van der Waals surface area (Å²) >= 11 is 1.89. The number of nitrogens with one attached hydrogen (secondary N) is 1. The van der Waals surface area contributed by atoms with Gasteiger partial charge >= 0.3 is 0 Å². The number of benzene rings is 1. The number of rotatable bonds is 4. The molecule has 1 fully saturated rings. The Morgan fingerprint density at radius 3 is 2.74 bits per heavy atom. The summed E-state index contributed by atoms with van der Waals surface area (Å²) in [7, 11) is 0. The molecule has 1 unspecified atom stereocenters. The van der Waals surface area contributed by atoms with E-state index in [1.54, 1.807) is 0 Å². The molecule has 102 valence electrons. The summed E-state index contributed by atoms with van der Waals surface area (Å²) in [5, 5.41) is 7.59. The molecule has 3 rings (SSSR count). The molecule has 1 saturated carbocycles. The van der Waals surface area contributed by atoms with Gasteiger partial charge in [-0.3, -0.25) is 0 Å². The third kappa shape index (κ3) is 2.32. The average molecular weight is 273 g/mol. The maximum Gasteiger partial charge on any atom is 0.0388 e. The fourth-order valence-electron chi connectivity index (χ4n) is 3.63. The van der Waals surface area contributed by atoms with Crippen LogP contribution >= 0.6 is 11.3 Å². The quantitative estimate of drug-likeness (QED) is 0.814. The van der Waals surface area contributed by atoms with Crippen molar-refractivity contribution < 1.29 is 0 Å². The first-order valence-electron chi connectivity index (χ1n) is 7.44. The SMILES string of the molecule is CCNC(c1csc2ccccc12)C1(C)CCCC1. The maximum atomic E-state index is 3.77. The summed E-state index contributed by atoms with van der Waals surface area (Å²) in [6.45, 7) is 5.74. The molecule has 1 N–H and O–H groups in total. The fourth-order valence-corrected chi connectivity index (χ4v) is 4.62. The van der Waals surface area contributed by atoms with Crippen molar-refractivity contribution in [2.75, 3.05) is 6.54 Å². The highest BCUT2D eigenvalue weighted by Gasteiger charge is 2.38. The number of fused-ring (bicyclic) bond motifs is 1. The van der Waals surface area contributed by atoms with Crippen LogP contribution in [0, 0.1) is 5.41 Å². The second kappa shape index (κ2) is 5.26. The van der Waals surface area contributed by atoms with Gasteiger partial charge in [0.1, 0.15) is 0 Å². The Labute approximate surface area is 120 Å². The van der Waals surface area contributed by atoms with Gasteiger partial charge in [0.25, 0.3) is 0 Å². The molecule has 1 atom stereocenters. The van der Waals surface area contributed by atoms with E-state index in [0.717, 1.165) is 6.54 Å². The standard InChI is InChI=1S/C17H23NS/c1-3-18-16(17(2)10-6-7-11-17)14-12-19-15-9-5-4-8-13(14)15/h4-5,8-9,12,16,18H,3,6-7,10-11H2,1-2H3. The van der Waals surface area contributed by atoms with Gasteiger partial charge in [-0.2, -0.15) is 0 Å². The van der Waals surface area contributed by atoms with E-state index >= 15 is 0 Å². The van der Waals surface area contributed by atoms with Crippen molar-refractivity contribution in [3.63, 3.8) is 0 Å². The van der Waals surface area contributed by atoms with Crippen LogP contribution in [0.2, 0.25) is 0 Å². The van der Waals surface area contributed by atoms with E-state index in [2.05, 4.69) is 48.8 Å². The molecule has 1 aliphatic rings. The third-order valence-electron chi connectivity index (χ3n) is 4.67. The molecule has 1 aromatic carbocycles. The molecule has 1 nitrogen and oxygen atoms in total. The lowest BCUT2D eigenvalue weighted by Gasteiger charge is -2.35. The topological polar surface area (TPSA) is 12.0 Å². The van der Waals surface area contributed by atoms with Crippen molar-refractivity contribution in [2.45, 2.75) is 45.6 Å². The van der Waals surface area contributed by atoms with Crippen LogP contribution in [0.25, 0.3) is 10.1 Å². The van der Waals surface area contributed by atoms with E-state index in [0.29, 0.717) is 11.5 Å². The molecular weight excluding hydrogens is 250 g/mol. The maximum absolute atomic E-state index is 3.77. The van der Waals surface area contributed by atoms with Crippen LogP contribution in [0.1, 0.15) is 51.1 Å². The van der Waals surface area contributed by atoms with Gasteiger partial charge in [0.05, 0.1) is 0 Å². The molecule has 2 heteroatoms. The lowest BCUT2D eigenvalue weighted by molar-refractivity contribution is 0.228. The van der Waals surface area contributed by atoms with Gasteiger partial charge in [-0.15, -0.1) is 11.3 Å². The summed E-state index contributed by atoms with van der Waals surface area (Å²) in [5.74, 6) is 0. The predicted octanol–water partition coefficient (Wildman–Crippen LogP) is 5.13. The molecular formula is C17H23NS. The van der Waals surface area contributed by atoms with Crippen molar-refractivity contribution in [2.24, 2.45) is 5.41 Å². The van der Waals surface area contributed by atoms with E-state index in [9.17, 15) is 0 Å². The Kier molecular flexibility index (Phi) is 3.64. The van der Waals surface area contributed by atoms with Crippen molar-refractivity contribution in [1.82, 2.24) is 5.32 Å². The normalized spacial score (nSPS) is 19.9. The van der Waals surface area contributed by atoms with Crippen LogP contribution in [-0.4, -0.2) is 6.54 Å². The van der Waals surface area contributed by atoms with Gasteiger partial charge in [-0.05, 0) is 47.2 Å². The molecule has 1 aliphatic carbocycles. The lowest BCUT2D eigenvalue weighted by Crippen LogP contribution is -2.34. The molecule has 0 saturated heterocycles. The zero-order valence-corrected chi connectivity index (χ0v) is 12.7. The molecule has 0 amide bonds. The first kappa shape index (κ1) is 13.1. The second-order valence-electron chi connectivity index (χ2n) is 6.04. The van der Waals surface area contributed by atoms with Crippen molar-refractivity contribution in [3.05, 3.63) is 35.2 Å². The summed E-state index contributed by atoms with van der Waals surface area (Å²) in [5.41, 5.74) is 1.95. The van der Waals surface area contributed by atoms with Gasteiger partial charge < -0.3 is 5.32 Å². The minimum absolute atomic E-state index is 0.430. The minimum atomic E-state index is 0.430. The predicted molar refractivity (Wildman–Crippen MR) is 84.8 cm³/mol. The van der Waals surface area contributed by atoms with Crippen LogP contribution in [0.15, 0.2) is 29.6 Å². The Morgan fingerprint density at radius 2 is 2.00 bits per heavy atom. The zero-order valence-electron chi connectivity index (χ0n) is 11.9. The van der Waals surface area contributed by atoms with Crippen molar-refractivity contribution in [3.8, 4) is 0 Å². The van der Waals surface area contributed by atoms with E-state index in [1.165, 1.54) is 41.3 Å². The molecule has 0 radical (unpaired) electrons. The lowest BCUT2D eigenvalue weighted by atomic mass is 9.77. The highest BCUT2D eigenvalue weighted by molar-refractivity contribution is 7.17. The minimum Gasteiger partial charge on any atom is -0.310 e.